The molecule has 0 radical (unpaired) electrons. The molecule has 0 fully saturated rings. The Balaban J connectivity index is 4.29. The van der Waals surface area contributed by atoms with Gasteiger partial charge in [0.1, 0.15) is 5.78 Å². The van der Waals surface area contributed by atoms with Gasteiger partial charge in [0.15, 0.2) is 11.9 Å². The van der Waals surface area contributed by atoms with E-state index >= 15 is 0 Å². The van der Waals surface area contributed by atoms with Crippen LogP contribution in [0.4, 0.5) is 0 Å². The highest BCUT2D eigenvalue weighted by Crippen LogP contribution is 2.18. The second kappa shape index (κ2) is 14.9. The van der Waals surface area contributed by atoms with E-state index in [9.17, 15) is 14.4 Å². The number of aldehydes is 1. The maximum Gasteiger partial charge on any atom is 0.334 e. The molecule has 0 saturated carbocycles. The Bertz CT molecular complexity index is 464. The van der Waals surface area contributed by atoms with E-state index in [1.54, 1.807) is 26.4 Å². The van der Waals surface area contributed by atoms with Crippen molar-refractivity contribution < 1.29 is 33.3 Å². The predicted octanol–water partition coefficient (Wildman–Crippen LogP) is 1.83. The number of thioether (sulfide) groups is 1. The Morgan fingerprint density at radius 2 is 1.69 bits per heavy atom. The first-order valence-corrected chi connectivity index (χ1v) is 9.81. The van der Waals surface area contributed by atoms with E-state index in [2.05, 4.69) is 0 Å². The van der Waals surface area contributed by atoms with Crippen molar-refractivity contribution in [3.05, 3.63) is 11.6 Å². The van der Waals surface area contributed by atoms with Gasteiger partial charge in [-0.25, -0.2) is 4.79 Å². The zero-order valence-electron chi connectivity index (χ0n) is 16.1. The van der Waals surface area contributed by atoms with Crippen LogP contribution in [0.3, 0.4) is 0 Å². The summed E-state index contributed by atoms with van der Waals surface area (Å²) in [6.07, 6.45) is 4.14. The highest BCUT2D eigenvalue weighted by atomic mass is 32.2. The molecule has 0 aromatic heterocycles. The Morgan fingerprint density at radius 3 is 2.23 bits per heavy atom. The van der Waals surface area contributed by atoms with Crippen molar-refractivity contribution in [2.24, 2.45) is 0 Å². The van der Waals surface area contributed by atoms with Gasteiger partial charge in [0, 0.05) is 19.1 Å². The number of ketones is 1. The van der Waals surface area contributed by atoms with Gasteiger partial charge in [0.25, 0.3) is 0 Å². The Morgan fingerprint density at radius 1 is 1.08 bits per heavy atom. The summed E-state index contributed by atoms with van der Waals surface area (Å²) >= 11 is 1.36. The van der Waals surface area contributed by atoms with Crippen molar-refractivity contribution in [1.29, 1.82) is 0 Å². The fourth-order valence-corrected chi connectivity index (χ4v) is 2.42. The van der Waals surface area contributed by atoms with Gasteiger partial charge >= 0.3 is 5.97 Å². The van der Waals surface area contributed by atoms with Crippen LogP contribution in [0.5, 0.6) is 0 Å². The van der Waals surface area contributed by atoms with Gasteiger partial charge in [0.05, 0.1) is 45.2 Å². The topological polar surface area (TPSA) is 88.1 Å². The summed E-state index contributed by atoms with van der Waals surface area (Å²) in [6, 6.07) is 0. The molecule has 0 aliphatic rings. The Kier molecular flexibility index (Phi) is 14.2. The molecule has 0 heterocycles. The molecule has 0 aliphatic heterocycles. The van der Waals surface area contributed by atoms with Crippen LogP contribution < -0.4 is 0 Å². The first-order chi connectivity index (χ1) is 12.4. The molecular weight excluding hydrogens is 360 g/mol. The summed E-state index contributed by atoms with van der Waals surface area (Å²) in [6.45, 7) is 5.37. The molecule has 1 atom stereocenters. The van der Waals surface area contributed by atoms with Crippen LogP contribution in [-0.4, -0.2) is 75.8 Å². The van der Waals surface area contributed by atoms with E-state index in [0.29, 0.717) is 51.3 Å². The monoisotopic (exact) mass is 390 g/mol. The van der Waals surface area contributed by atoms with Crippen molar-refractivity contribution in [2.75, 3.05) is 52.2 Å². The van der Waals surface area contributed by atoms with Gasteiger partial charge in [-0.15, -0.1) is 0 Å². The molecule has 0 bridgehead atoms. The number of allylic oxidation sites excluding steroid dienone is 1. The molecule has 26 heavy (non-hydrogen) atoms. The molecule has 0 aromatic rings. The van der Waals surface area contributed by atoms with Crippen LogP contribution in [0, 0.1) is 0 Å². The van der Waals surface area contributed by atoms with Crippen molar-refractivity contribution >= 4 is 29.8 Å². The van der Waals surface area contributed by atoms with Crippen LogP contribution >= 0.6 is 11.8 Å². The summed E-state index contributed by atoms with van der Waals surface area (Å²) in [4.78, 5) is 35.3. The molecule has 150 valence electrons. The quantitative estimate of drug-likeness (QED) is 0.171. The van der Waals surface area contributed by atoms with Crippen molar-refractivity contribution in [3.8, 4) is 0 Å². The SMILES string of the molecule is C/C=C(\CCOCCOCCOC)C(=O)OC(C)(C=O)CC(=O)CSC. The molecule has 0 N–H and O–H groups in total. The molecule has 8 heteroatoms. The predicted molar refractivity (Wildman–Crippen MR) is 100 cm³/mol. The lowest BCUT2D eigenvalue weighted by atomic mass is 10.0. The number of carbonyl (C=O) groups excluding carboxylic acids is 3. The van der Waals surface area contributed by atoms with Gasteiger partial charge in [-0.1, -0.05) is 6.08 Å². The fraction of sp³-hybridized carbons (Fsp3) is 0.722. The van der Waals surface area contributed by atoms with Crippen molar-refractivity contribution in [1.82, 2.24) is 0 Å². The Hall–Kier alpha value is -1.22. The molecule has 0 aromatic carbocycles. The second-order valence-corrected chi connectivity index (χ2v) is 6.62. The highest BCUT2D eigenvalue weighted by Gasteiger charge is 2.32. The zero-order valence-corrected chi connectivity index (χ0v) is 16.9. The largest absolute Gasteiger partial charge is 0.448 e. The average Bonchev–Trinajstić information content (AvgIpc) is 2.60. The first-order valence-electron chi connectivity index (χ1n) is 8.42. The number of Topliss-reactive ketones (excluding diaryl/α,β-unsaturated/α-hetero) is 1. The van der Waals surface area contributed by atoms with Crippen molar-refractivity contribution in [3.63, 3.8) is 0 Å². The van der Waals surface area contributed by atoms with Gasteiger partial charge in [-0.05, 0) is 20.1 Å². The lowest BCUT2D eigenvalue weighted by Gasteiger charge is -2.23. The average molecular weight is 390 g/mol. The Labute approximate surface area is 159 Å². The summed E-state index contributed by atoms with van der Waals surface area (Å²) in [5, 5.41) is 0. The fourth-order valence-electron chi connectivity index (χ4n) is 1.99. The first kappa shape index (κ1) is 24.8. The number of esters is 1. The van der Waals surface area contributed by atoms with Crippen LogP contribution in [0.1, 0.15) is 26.7 Å². The van der Waals surface area contributed by atoms with E-state index in [1.165, 1.54) is 18.7 Å². The molecule has 0 spiro atoms. The molecular formula is C18H30O7S. The van der Waals surface area contributed by atoms with Gasteiger partial charge in [-0.2, -0.15) is 11.8 Å². The third kappa shape index (κ3) is 11.4. The summed E-state index contributed by atoms with van der Waals surface area (Å²) in [5.41, 5.74) is -1.05. The molecule has 0 rings (SSSR count). The lowest BCUT2D eigenvalue weighted by Crippen LogP contribution is -2.37. The van der Waals surface area contributed by atoms with Gasteiger partial charge < -0.3 is 18.9 Å². The molecule has 0 saturated heterocycles. The second-order valence-electron chi connectivity index (χ2n) is 5.75. The third-order valence-corrected chi connectivity index (χ3v) is 3.97. The number of hydrogen-bond acceptors (Lipinski definition) is 8. The maximum absolute atomic E-state index is 12.3. The summed E-state index contributed by atoms with van der Waals surface area (Å²) in [7, 11) is 1.60. The number of carbonyl (C=O) groups is 3. The standard InChI is InChI=1S/C18H30O7S/c1-5-15(6-7-23-10-11-24-9-8-22-3)17(21)25-18(2,14-19)12-16(20)13-26-4/h5,14H,6-13H2,1-4H3/b15-5+. The summed E-state index contributed by atoms with van der Waals surface area (Å²) in [5.74, 6) is -0.477. The van der Waals surface area contributed by atoms with E-state index in [0.717, 1.165) is 0 Å². The molecule has 0 amide bonds. The van der Waals surface area contributed by atoms with Crippen molar-refractivity contribution in [2.45, 2.75) is 32.3 Å². The highest BCUT2D eigenvalue weighted by molar-refractivity contribution is 7.99. The zero-order chi connectivity index (χ0) is 19.8. The number of rotatable bonds is 16. The number of methoxy groups -OCH3 is 1. The van der Waals surface area contributed by atoms with Crippen LogP contribution in [0.25, 0.3) is 0 Å². The van der Waals surface area contributed by atoms with Crippen LogP contribution in [0.15, 0.2) is 11.6 Å². The van der Waals surface area contributed by atoms with E-state index < -0.39 is 11.6 Å². The minimum atomic E-state index is -1.45. The lowest BCUT2D eigenvalue weighted by molar-refractivity contribution is -0.159. The summed E-state index contributed by atoms with van der Waals surface area (Å²) < 4.78 is 20.8. The maximum atomic E-state index is 12.3. The number of ether oxygens (including phenoxy) is 4. The van der Waals surface area contributed by atoms with E-state index in [-0.39, 0.29) is 18.0 Å². The van der Waals surface area contributed by atoms with Crippen LogP contribution in [0.2, 0.25) is 0 Å². The molecule has 7 nitrogen and oxygen atoms in total. The van der Waals surface area contributed by atoms with Gasteiger partial charge in [0.2, 0.25) is 0 Å². The van der Waals surface area contributed by atoms with Crippen LogP contribution in [-0.2, 0) is 33.3 Å². The smallest absolute Gasteiger partial charge is 0.334 e. The van der Waals surface area contributed by atoms with Gasteiger partial charge in [-0.3, -0.25) is 9.59 Å². The molecule has 1 unspecified atom stereocenters. The minimum absolute atomic E-state index is 0.130. The van der Waals surface area contributed by atoms with E-state index in [1.807, 2.05) is 0 Å². The third-order valence-electron chi connectivity index (χ3n) is 3.36. The number of hydrogen-bond donors (Lipinski definition) is 0. The molecule has 0 aliphatic carbocycles. The normalized spacial score (nSPS) is 13.9. The van der Waals surface area contributed by atoms with E-state index in [4.69, 9.17) is 18.9 Å². The minimum Gasteiger partial charge on any atom is -0.448 e.